The number of nitrogens with zero attached hydrogens (tertiary/aromatic N) is 1. The van der Waals surface area contributed by atoms with E-state index in [1.54, 1.807) is 31.3 Å². The highest BCUT2D eigenvalue weighted by Gasteiger charge is 1.97. The minimum absolute atomic E-state index is 0.174. The van der Waals surface area contributed by atoms with Crippen LogP contribution >= 0.6 is 0 Å². The number of ether oxygens (including phenoxy) is 1. The van der Waals surface area contributed by atoms with Crippen LogP contribution in [-0.2, 0) is 14.3 Å². The summed E-state index contributed by atoms with van der Waals surface area (Å²) in [5.74, 6) is -0.0865. The largest absolute Gasteiger partial charge is 0.463 e. The second-order valence-corrected chi connectivity index (χ2v) is 3.24. The first-order chi connectivity index (χ1) is 8.11. The van der Waals surface area contributed by atoms with Crippen LogP contribution < -0.4 is 5.32 Å². The lowest BCUT2D eigenvalue weighted by molar-refractivity contribution is -0.137. The van der Waals surface area contributed by atoms with Crippen LogP contribution in [0.1, 0.15) is 19.4 Å². The second-order valence-electron chi connectivity index (χ2n) is 3.24. The Balaban J connectivity index is 2.62. The molecule has 0 aromatic carbocycles. The van der Waals surface area contributed by atoms with Crippen molar-refractivity contribution < 1.29 is 14.3 Å². The van der Waals surface area contributed by atoms with Crippen LogP contribution in [0.4, 0.5) is 5.82 Å². The van der Waals surface area contributed by atoms with Gasteiger partial charge in [0.05, 0.1) is 6.61 Å². The molecule has 0 aliphatic carbocycles. The van der Waals surface area contributed by atoms with Crippen LogP contribution in [0.25, 0.3) is 6.08 Å². The maximum absolute atomic E-state index is 11.0. The molecule has 0 aliphatic heterocycles. The third kappa shape index (κ3) is 4.92. The van der Waals surface area contributed by atoms with Crippen LogP contribution in [0.3, 0.4) is 0 Å². The molecule has 5 nitrogen and oxygen atoms in total. The third-order valence-electron chi connectivity index (χ3n) is 1.79. The summed E-state index contributed by atoms with van der Waals surface area (Å²) in [5.41, 5.74) is 0.757. The van der Waals surface area contributed by atoms with Crippen LogP contribution in [0.2, 0.25) is 0 Å². The average Bonchev–Trinajstić information content (AvgIpc) is 2.28. The number of pyridine rings is 1. The number of hydrogen-bond acceptors (Lipinski definition) is 4. The molecule has 5 heteroatoms. The van der Waals surface area contributed by atoms with E-state index in [0.717, 1.165) is 5.56 Å². The van der Waals surface area contributed by atoms with E-state index < -0.39 is 5.97 Å². The molecule has 1 N–H and O–H groups in total. The number of hydrogen-bond donors (Lipinski definition) is 1. The van der Waals surface area contributed by atoms with Gasteiger partial charge >= 0.3 is 5.97 Å². The Hall–Kier alpha value is -2.17. The van der Waals surface area contributed by atoms with Crippen LogP contribution in [0.15, 0.2) is 24.4 Å². The van der Waals surface area contributed by atoms with Crippen LogP contribution in [-0.4, -0.2) is 23.5 Å². The van der Waals surface area contributed by atoms with Crippen molar-refractivity contribution in [1.82, 2.24) is 4.98 Å². The highest BCUT2D eigenvalue weighted by molar-refractivity contribution is 5.88. The fourth-order valence-corrected chi connectivity index (χ4v) is 1.11. The first kappa shape index (κ1) is 12.9. The van der Waals surface area contributed by atoms with Gasteiger partial charge in [-0.05, 0) is 30.7 Å². The first-order valence-electron chi connectivity index (χ1n) is 5.20. The molecule has 0 unspecified atom stereocenters. The number of carbonyl (C=O) groups excluding carboxylic acids is 2. The van der Waals surface area contributed by atoms with Gasteiger partial charge in [-0.25, -0.2) is 9.78 Å². The van der Waals surface area contributed by atoms with Crippen LogP contribution in [0, 0.1) is 0 Å². The van der Waals surface area contributed by atoms with Gasteiger partial charge in [-0.2, -0.15) is 0 Å². The highest BCUT2D eigenvalue weighted by Crippen LogP contribution is 2.06. The van der Waals surface area contributed by atoms with Gasteiger partial charge in [0.15, 0.2) is 0 Å². The van der Waals surface area contributed by atoms with Gasteiger partial charge in [0, 0.05) is 19.2 Å². The third-order valence-corrected chi connectivity index (χ3v) is 1.79. The molecule has 1 aromatic rings. The van der Waals surface area contributed by atoms with E-state index in [2.05, 4.69) is 10.3 Å². The number of anilines is 1. The van der Waals surface area contributed by atoms with Gasteiger partial charge in [-0.15, -0.1) is 0 Å². The number of amides is 1. The molecular weight excluding hydrogens is 220 g/mol. The summed E-state index contributed by atoms with van der Waals surface area (Å²) < 4.78 is 4.74. The van der Waals surface area contributed by atoms with Crippen molar-refractivity contribution in [3.8, 4) is 0 Å². The molecule has 0 spiro atoms. The Morgan fingerprint density at radius 2 is 2.24 bits per heavy atom. The summed E-state index contributed by atoms with van der Waals surface area (Å²) in [7, 11) is 0. The highest BCUT2D eigenvalue weighted by atomic mass is 16.5. The van der Waals surface area contributed by atoms with Crippen LogP contribution in [0.5, 0.6) is 0 Å². The molecule has 0 radical (unpaired) electrons. The number of rotatable bonds is 4. The smallest absolute Gasteiger partial charge is 0.330 e. The van der Waals surface area contributed by atoms with Gasteiger partial charge < -0.3 is 10.1 Å². The molecule has 1 rings (SSSR count). The summed E-state index contributed by atoms with van der Waals surface area (Å²) in [5, 5.41) is 2.55. The van der Waals surface area contributed by atoms with Gasteiger partial charge in [0.25, 0.3) is 0 Å². The maximum atomic E-state index is 11.0. The van der Waals surface area contributed by atoms with Crippen molar-refractivity contribution in [2.75, 3.05) is 11.9 Å². The number of carbonyl (C=O) groups is 2. The van der Waals surface area contributed by atoms with E-state index in [4.69, 9.17) is 4.74 Å². The first-order valence-corrected chi connectivity index (χ1v) is 5.20. The summed E-state index contributed by atoms with van der Waals surface area (Å²) >= 11 is 0. The molecule has 17 heavy (non-hydrogen) atoms. The molecule has 90 valence electrons. The summed E-state index contributed by atoms with van der Waals surface area (Å²) in [6.07, 6.45) is 4.49. The lowest BCUT2D eigenvalue weighted by atomic mass is 10.2. The van der Waals surface area contributed by atoms with Gasteiger partial charge in [0.1, 0.15) is 5.82 Å². The molecule has 0 aliphatic rings. The maximum Gasteiger partial charge on any atom is 0.330 e. The Morgan fingerprint density at radius 1 is 1.47 bits per heavy atom. The molecule has 0 fully saturated rings. The Labute approximate surface area is 99.5 Å². The fraction of sp³-hybridized carbons (Fsp3) is 0.250. The molecule has 1 aromatic heterocycles. The van der Waals surface area contributed by atoms with Gasteiger partial charge in [0.2, 0.25) is 5.91 Å². The predicted octanol–water partition coefficient (Wildman–Crippen LogP) is 1.62. The zero-order chi connectivity index (χ0) is 12.7. The van der Waals surface area contributed by atoms with Crippen molar-refractivity contribution in [2.24, 2.45) is 0 Å². The molecular formula is C12H14N2O3. The standard InChI is InChI=1S/C12H14N2O3/c1-3-17-12(16)7-5-10-4-6-11(13-8-10)14-9(2)15/h4-8H,3H2,1-2H3,(H,13,14,15). The van der Waals surface area contributed by atoms with E-state index in [-0.39, 0.29) is 5.91 Å². The zero-order valence-corrected chi connectivity index (χ0v) is 9.77. The molecule has 1 amide bonds. The molecule has 1 heterocycles. The number of esters is 1. The van der Waals surface area contributed by atoms with Crippen molar-refractivity contribution in [3.63, 3.8) is 0 Å². The van der Waals surface area contributed by atoms with Crippen molar-refractivity contribution in [3.05, 3.63) is 30.0 Å². The van der Waals surface area contributed by atoms with E-state index in [9.17, 15) is 9.59 Å². The minimum atomic E-state index is -0.390. The SMILES string of the molecule is CCOC(=O)C=Cc1ccc(NC(C)=O)nc1. The summed E-state index contributed by atoms with van der Waals surface area (Å²) in [4.78, 5) is 25.8. The Bertz CT molecular complexity index is 424. The van der Waals surface area contributed by atoms with E-state index in [1.807, 2.05) is 0 Å². The topological polar surface area (TPSA) is 68.3 Å². The lowest BCUT2D eigenvalue weighted by Crippen LogP contribution is -2.06. The van der Waals surface area contributed by atoms with Crippen molar-refractivity contribution >= 4 is 23.8 Å². The summed E-state index contributed by atoms with van der Waals surface area (Å²) in [6.45, 7) is 3.51. The normalized spacial score (nSPS) is 10.2. The van der Waals surface area contributed by atoms with Gasteiger partial charge in [-0.3, -0.25) is 4.79 Å². The zero-order valence-electron chi connectivity index (χ0n) is 9.77. The van der Waals surface area contributed by atoms with Gasteiger partial charge in [-0.1, -0.05) is 0 Å². The van der Waals surface area contributed by atoms with Crippen molar-refractivity contribution in [2.45, 2.75) is 13.8 Å². The number of aromatic nitrogens is 1. The summed E-state index contributed by atoms with van der Waals surface area (Å²) in [6, 6.07) is 3.40. The molecule has 0 saturated carbocycles. The number of nitrogens with one attached hydrogen (secondary N) is 1. The minimum Gasteiger partial charge on any atom is -0.463 e. The molecule has 0 atom stereocenters. The molecule has 0 saturated heterocycles. The van der Waals surface area contributed by atoms with Crippen molar-refractivity contribution in [1.29, 1.82) is 0 Å². The van der Waals surface area contributed by atoms with E-state index >= 15 is 0 Å². The Kier molecular flexibility index (Phi) is 4.87. The predicted molar refractivity (Wildman–Crippen MR) is 64.2 cm³/mol. The average molecular weight is 234 g/mol. The fourth-order valence-electron chi connectivity index (χ4n) is 1.11. The monoisotopic (exact) mass is 234 g/mol. The van der Waals surface area contributed by atoms with E-state index in [1.165, 1.54) is 13.0 Å². The molecule has 0 bridgehead atoms. The second kappa shape index (κ2) is 6.42. The Morgan fingerprint density at radius 3 is 2.76 bits per heavy atom. The lowest BCUT2D eigenvalue weighted by Gasteiger charge is -2.00. The van der Waals surface area contributed by atoms with E-state index in [0.29, 0.717) is 12.4 Å². The quantitative estimate of drug-likeness (QED) is 0.635.